The summed E-state index contributed by atoms with van der Waals surface area (Å²) < 4.78 is 0. The van der Waals surface area contributed by atoms with E-state index in [4.69, 9.17) is 0 Å². The lowest BCUT2D eigenvalue weighted by Gasteiger charge is -2.47. The van der Waals surface area contributed by atoms with E-state index >= 15 is 0 Å². The zero-order valence-corrected chi connectivity index (χ0v) is 23.7. The van der Waals surface area contributed by atoms with Crippen molar-refractivity contribution in [2.24, 2.45) is 11.8 Å². The Morgan fingerprint density at radius 1 is 1.00 bits per heavy atom. The molecule has 3 heterocycles. The summed E-state index contributed by atoms with van der Waals surface area (Å²) in [7, 11) is 0. The number of amides is 1. The zero-order chi connectivity index (χ0) is 23.8. The number of carbonyl (C=O) groups excluding carboxylic acids is 1. The molecule has 2 aromatic rings. The van der Waals surface area contributed by atoms with Crippen LogP contribution in [0.4, 0.5) is 0 Å². The van der Waals surface area contributed by atoms with Crippen LogP contribution >= 0.6 is 0 Å². The van der Waals surface area contributed by atoms with Crippen molar-refractivity contribution < 1.29 is 39.9 Å². The molecule has 2 saturated heterocycles. The number of piperidine rings is 1. The Kier molecular flexibility index (Phi) is 9.25. The molecular weight excluding hydrogens is 501 g/mol. The van der Waals surface area contributed by atoms with Crippen molar-refractivity contribution in [2.45, 2.75) is 88.5 Å². The van der Waals surface area contributed by atoms with Gasteiger partial charge in [-0.3, -0.25) is 4.79 Å². The number of hydrogen-bond acceptors (Lipinski definition) is 1. The quantitative estimate of drug-likeness (QED) is 0.475. The van der Waals surface area contributed by atoms with Gasteiger partial charge in [0.05, 0.1) is 18.5 Å². The van der Waals surface area contributed by atoms with Crippen molar-refractivity contribution in [1.82, 2.24) is 4.90 Å². The number of carbonyl (C=O) groups is 1. The first kappa shape index (κ1) is 28.4. The lowest BCUT2D eigenvalue weighted by molar-refractivity contribution is -0.640. The number of aryl methyl sites for hydroxylation is 2. The Morgan fingerprint density at radius 2 is 1.78 bits per heavy atom. The second-order valence-electron chi connectivity index (χ2n) is 12.0. The van der Waals surface area contributed by atoms with Crippen LogP contribution in [0.25, 0.3) is 0 Å². The second-order valence-corrected chi connectivity index (χ2v) is 12.0. The molecule has 4 aliphatic rings. The van der Waals surface area contributed by atoms with Gasteiger partial charge in [-0.25, -0.2) is 4.98 Å². The van der Waals surface area contributed by atoms with E-state index in [2.05, 4.69) is 64.6 Å². The van der Waals surface area contributed by atoms with Crippen LogP contribution in [0.15, 0.2) is 42.5 Å². The maximum absolute atomic E-state index is 14.5. The van der Waals surface area contributed by atoms with E-state index in [9.17, 15) is 4.79 Å². The summed E-state index contributed by atoms with van der Waals surface area (Å²) in [5.74, 6) is 1.84. The molecule has 1 saturated carbocycles. The number of benzene rings is 1. The van der Waals surface area contributed by atoms with Gasteiger partial charge in [-0.05, 0) is 62.0 Å². The molecule has 0 bridgehead atoms. The van der Waals surface area contributed by atoms with Crippen molar-refractivity contribution in [3.63, 3.8) is 0 Å². The molecule has 2 aliphatic heterocycles. The van der Waals surface area contributed by atoms with Crippen molar-refractivity contribution in [1.29, 1.82) is 0 Å². The molecular formula is C31H43Cl2N3O. The minimum Gasteiger partial charge on any atom is -1.00 e. The highest BCUT2D eigenvalue weighted by Gasteiger charge is 2.56. The van der Waals surface area contributed by atoms with Gasteiger partial charge in [0.25, 0.3) is 0 Å². The predicted molar refractivity (Wildman–Crippen MR) is 138 cm³/mol. The fourth-order valence-corrected chi connectivity index (χ4v) is 8.29. The number of H-pyrrole nitrogens is 1. The Bertz CT molecular complexity index is 1060. The van der Waals surface area contributed by atoms with Gasteiger partial charge in [0.2, 0.25) is 5.91 Å². The van der Waals surface area contributed by atoms with Crippen molar-refractivity contribution in [2.75, 3.05) is 19.6 Å². The third kappa shape index (κ3) is 5.31. The van der Waals surface area contributed by atoms with Crippen LogP contribution in [-0.2, 0) is 16.6 Å². The number of rotatable bonds is 3. The average Bonchev–Trinajstić information content (AvgIpc) is 3.32. The molecule has 1 spiro atoms. The molecule has 37 heavy (non-hydrogen) atoms. The highest BCUT2D eigenvalue weighted by molar-refractivity contribution is 5.82. The molecule has 0 radical (unpaired) electrons. The molecule has 6 heteroatoms. The lowest BCUT2D eigenvalue weighted by atomic mass is 9.64. The smallest absolute Gasteiger partial charge is 0.232 e. The fourth-order valence-electron chi connectivity index (χ4n) is 8.29. The number of likely N-dealkylation sites (tertiary alicyclic amines) is 1. The van der Waals surface area contributed by atoms with Crippen molar-refractivity contribution in [3.05, 3.63) is 65.0 Å². The van der Waals surface area contributed by atoms with Gasteiger partial charge in [0, 0.05) is 37.6 Å². The molecule has 3 N–H and O–H groups in total. The number of fused-ring (bicyclic) bond motifs is 2. The summed E-state index contributed by atoms with van der Waals surface area (Å²) >= 11 is 0. The summed E-state index contributed by atoms with van der Waals surface area (Å²) in [5.41, 5.74) is 5.53. The van der Waals surface area contributed by atoms with E-state index in [1.807, 2.05) is 0 Å². The summed E-state index contributed by atoms with van der Waals surface area (Å²) in [6.45, 7) is 5.08. The molecule has 4 atom stereocenters. The number of pyridine rings is 1. The molecule has 1 amide bonds. The van der Waals surface area contributed by atoms with Crippen LogP contribution in [0, 0.1) is 18.8 Å². The van der Waals surface area contributed by atoms with Crippen LogP contribution in [0.2, 0.25) is 0 Å². The van der Waals surface area contributed by atoms with Gasteiger partial charge < -0.3 is 35.0 Å². The highest BCUT2D eigenvalue weighted by Crippen LogP contribution is 2.45. The Labute approximate surface area is 235 Å². The summed E-state index contributed by atoms with van der Waals surface area (Å²) in [6.07, 6.45) is 12.3. The van der Waals surface area contributed by atoms with E-state index in [1.165, 1.54) is 61.0 Å². The van der Waals surface area contributed by atoms with Crippen LogP contribution in [0.5, 0.6) is 0 Å². The largest absolute Gasteiger partial charge is 1.00 e. The molecule has 0 unspecified atom stereocenters. The Morgan fingerprint density at radius 3 is 2.57 bits per heavy atom. The first-order valence-corrected chi connectivity index (χ1v) is 14.3. The van der Waals surface area contributed by atoms with E-state index in [1.54, 1.807) is 0 Å². The fraction of sp³-hybridized carbons (Fsp3) is 0.613. The number of hydrogen-bond donors (Lipinski definition) is 1. The van der Waals surface area contributed by atoms with Gasteiger partial charge in [-0.15, -0.1) is 0 Å². The third-order valence-corrected chi connectivity index (χ3v) is 10.0. The van der Waals surface area contributed by atoms with E-state index in [0.717, 1.165) is 45.3 Å². The molecule has 202 valence electrons. The summed E-state index contributed by atoms with van der Waals surface area (Å²) in [6, 6.07) is 16.1. The minimum absolute atomic E-state index is 0. The summed E-state index contributed by atoms with van der Waals surface area (Å²) in [5, 5.41) is 2.43. The zero-order valence-electron chi connectivity index (χ0n) is 22.2. The van der Waals surface area contributed by atoms with Crippen LogP contribution in [-0.4, -0.2) is 36.5 Å². The van der Waals surface area contributed by atoms with Gasteiger partial charge in [-0.1, -0.05) is 49.6 Å². The van der Waals surface area contributed by atoms with Crippen LogP contribution in [0.1, 0.15) is 86.2 Å². The molecule has 6 rings (SSSR count). The number of halogens is 2. The van der Waals surface area contributed by atoms with Gasteiger partial charge in [0.15, 0.2) is 11.4 Å². The molecule has 1 aromatic heterocycles. The monoisotopic (exact) mass is 543 g/mol. The standard InChI is InChI=1S/C31H41N3O.2ClH/c1-22-14-15-26-28(33-22)13-8-17-31(26)21-32-20-27(31)30(35)34-18-16-25(23-9-4-2-5-10-23)19-29(34)24-11-6-3-7-12-24;;/h2,4-5,9-10,14-15,24-25,27,29,32H,3,6-8,11-13,16-21H2,1H3;2*1H/t25-,27+,29+,31+;;/m1../s1. The molecule has 2 aliphatic carbocycles. The number of aromatic nitrogens is 1. The van der Waals surface area contributed by atoms with E-state index in [-0.39, 0.29) is 36.1 Å². The average molecular weight is 545 g/mol. The number of nitrogens with one attached hydrogen (secondary N) is 1. The third-order valence-electron chi connectivity index (χ3n) is 10.0. The first-order valence-electron chi connectivity index (χ1n) is 14.3. The van der Waals surface area contributed by atoms with Gasteiger partial charge >= 0.3 is 0 Å². The second kappa shape index (κ2) is 12.1. The highest BCUT2D eigenvalue weighted by atomic mass is 35.5. The normalized spacial score (nSPS) is 29.8. The minimum atomic E-state index is 0. The van der Waals surface area contributed by atoms with E-state index < -0.39 is 0 Å². The topological polar surface area (TPSA) is 51.1 Å². The SMILES string of the molecule is Cc1ccc2c([nH+]1)CCC[C@]21C[NH2+]C[C@H]1C(=O)N1CC[C@@H](c2ccccc2)C[C@H]1C1CCCCC1.[Cl-].[Cl-]. The van der Waals surface area contributed by atoms with Crippen molar-refractivity contribution >= 4 is 5.91 Å². The number of nitrogens with zero attached hydrogens (tertiary/aromatic N) is 1. The molecule has 4 nitrogen and oxygen atoms in total. The van der Waals surface area contributed by atoms with Crippen molar-refractivity contribution in [3.8, 4) is 0 Å². The first-order chi connectivity index (χ1) is 17.2. The summed E-state index contributed by atoms with van der Waals surface area (Å²) in [4.78, 5) is 20.6. The Balaban J connectivity index is 0.00000160. The van der Waals surface area contributed by atoms with Gasteiger partial charge in [-0.2, -0.15) is 0 Å². The predicted octanol–water partition coefficient (Wildman–Crippen LogP) is -2.06. The molecule has 1 aromatic carbocycles. The number of aromatic amines is 1. The van der Waals surface area contributed by atoms with E-state index in [0.29, 0.717) is 23.8 Å². The number of nitrogens with two attached hydrogens (primary N) is 1. The number of quaternary nitrogens is 1. The maximum atomic E-state index is 14.5. The lowest BCUT2D eigenvalue weighted by Crippen LogP contribution is -3.00. The van der Waals surface area contributed by atoms with Crippen LogP contribution in [0.3, 0.4) is 0 Å². The molecule has 3 fully saturated rings. The van der Waals surface area contributed by atoms with Gasteiger partial charge in [0.1, 0.15) is 5.92 Å². The maximum Gasteiger partial charge on any atom is 0.232 e. The van der Waals surface area contributed by atoms with Crippen LogP contribution < -0.4 is 35.1 Å². The Hall–Kier alpha value is -1.62.